The maximum absolute atomic E-state index is 14.4. The predicted molar refractivity (Wildman–Crippen MR) is 106 cm³/mol. The molecule has 0 saturated carbocycles. The van der Waals surface area contributed by atoms with Crippen LogP contribution >= 0.6 is 0 Å². The topological polar surface area (TPSA) is 9.23 Å². The van der Waals surface area contributed by atoms with Crippen LogP contribution < -0.4 is 4.74 Å². The van der Waals surface area contributed by atoms with Crippen LogP contribution in [0, 0.1) is 17.5 Å². The van der Waals surface area contributed by atoms with Crippen LogP contribution in [0.5, 0.6) is 5.75 Å². The number of hydrogen-bond donors (Lipinski definition) is 0. The van der Waals surface area contributed by atoms with Crippen molar-refractivity contribution in [3.8, 4) is 16.9 Å². The predicted octanol–water partition coefficient (Wildman–Crippen LogP) is 7.41. The van der Waals surface area contributed by atoms with Gasteiger partial charge in [0.05, 0.1) is 0 Å². The van der Waals surface area contributed by atoms with Crippen LogP contribution in [0.25, 0.3) is 11.1 Å². The number of hydrogen-bond acceptors (Lipinski definition) is 1. The van der Waals surface area contributed by atoms with Gasteiger partial charge in [-0.05, 0) is 59.7 Å². The second kappa shape index (κ2) is 9.45. The van der Waals surface area contributed by atoms with E-state index in [1.165, 1.54) is 6.07 Å². The Labute approximate surface area is 176 Å². The standard InChI is InChI=1S/C24H20F6O/c1-2-3-16-8-11-19(20(25)12-16)18-9-6-15(7-10-18)4-5-17-13-21(26)23(22(27)14-17)31-24(28,29)30/h6-14H,2-5H2,1H3. The van der Waals surface area contributed by atoms with Crippen LogP contribution in [0.15, 0.2) is 54.6 Å². The summed E-state index contributed by atoms with van der Waals surface area (Å²) in [5.74, 6) is -4.59. The van der Waals surface area contributed by atoms with Crippen molar-refractivity contribution in [1.82, 2.24) is 0 Å². The van der Waals surface area contributed by atoms with E-state index in [1.807, 2.05) is 13.0 Å². The van der Waals surface area contributed by atoms with Crippen LogP contribution in [0.2, 0.25) is 0 Å². The molecule has 1 nitrogen and oxygen atoms in total. The van der Waals surface area contributed by atoms with Crippen LogP contribution in [-0.4, -0.2) is 6.36 Å². The van der Waals surface area contributed by atoms with Crippen LogP contribution in [0.4, 0.5) is 26.3 Å². The molecule has 0 fully saturated rings. The third-order valence-corrected chi connectivity index (χ3v) is 4.82. The highest BCUT2D eigenvalue weighted by molar-refractivity contribution is 5.64. The van der Waals surface area contributed by atoms with E-state index in [4.69, 9.17) is 0 Å². The lowest BCUT2D eigenvalue weighted by Crippen LogP contribution is -2.19. The molecule has 3 rings (SSSR count). The molecule has 7 heteroatoms. The molecule has 0 spiro atoms. The molecule has 164 valence electrons. The summed E-state index contributed by atoms with van der Waals surface area (Å²) in [6.45, 7) is 2.03. The fraction of sp³-hybridized carbons (Fsp3) is 0.250. The summed E-state index contributed by atoms with van der Waals surface area (Å²) in [4.78, 5) is 0. The Morgan fingerprint density at radius 1 is 0.677 bits per heavy atom. The molecule has 0 radical (unpaired) electrons. The Balaban J connectivity index is 1.68. The van der Waals surface area contributed by atoms with Gasteiger partial charge in [-0.2, -0.15) is 0 Å². The van der Waals surface area contributed by atoms with Gasteiger partial charge in [-0.1, -0.05) is 49.7 Å². The summed E-state index contributed by atoms with van der Waals surface area (Å²) in [5, 5.41) is 0. The van der Waals surface area contributed by atoms with Crippen molar-refractivity contribution in [3.63, 3.8) is 0 Å². The van der Waals surface area contributed by atoms with Crippen LogP contribution in [-0.2, 0) is 19.3 Å². The summed E-state index contributed by atoms with van der Waals surface area (Å²) in [6, 6.07) is 13.9. The van der Waals surface area contributed by atoms with Gasteiger partial charge in [-0.25, -0.2) is 13.2 Å². The minimum atomic E-state index is -5.18. The Bertz CT molecular complexity index is 1020. The van der Waals surface area contributed by atoms with E-state index < -0.39 is 23.7 Å². The smallest absolute Gasteiger partial charge is 0.399 e. The first kappa shape index (κ1) is 22.7. The van der Waals surface area contributed by atoms with Gasteiger partial charge in [0.25, 0.3) is 0 Å². The lowest BCUT2D eigenvalue weighted by Gasteiger charge is -2.12. The first-order valence-electron chi connectivity index (χ1n) is 9.77. The average molecular weight is 438 g/mol. The molecule has 3 aromatic rings. The van der Waals surface area contributed by atoms with Gasteiger partial charge in [0, 0.05) is 5.56 Å². The summed E-state index contributed by atoms with van der Waals surface area (Å²) in [6.07, 6.45) is -2.84. The fourth-order valence-corrected chi connectivity index (χ4v) is 3.35. The summed E-state index contributed by atoms with van der Waals surface area (Å²) < 4.78 is 82.1. The largest absolute Gasteiger partial charge is 0.573 e. The van der Waals surface area contributed by atoms with Crippen LogP contribution in [0.1, 0.15) is 30.0 Å². The SMILES string of the molecule is CCCc1ccc(-c2ccc(CCc3cc(F)c(OC(F)(F)F)c(F)c3)cc2)c(F)c1. The van der Waals surface area contributed by atoms with Gasteiger partial charge in [0.2, 0.25) is 5.75 Å². The maximum Gasteiger partial charge on any atom is 0.573 e. The van der Waals surface area contributed by atoms with Crippen molar-refractivity contribution in [3.05, 3.63) is 88.7 Å². The van der Waals surface area contributed by atoms with E-state index in [0.717, 1.165) is 36.1 Å². The zero-order valence-electron chi connectivity index (χ0n) is 16.7. The van der Waals surface area contributed by atoms with Crippen molar-refractivity contribution < 1.29 is 31.1 Å². The molecule has 0 atom stereocenters. The quantitative estimate of drug-likeness (QED) is 0.349. The Morgan fingerprint density at radius 2 is 1.23 bits per heavy atom. The third kappa shape index (κ3) is 6.03. The molecule has 31 heavy (non-hydrogen) atoms. The Morgan fingerprint density at radius 3 is 1.77 bits per heavy atom. The van der Waals surface area contributed by atoms with Crippen molar-refractivity contribution in [2.24, 2.45) is 0 Å². The Hall–Kier alpha value is -2.96. The Kier molecular flexibility index (Phi) is 6.93. The number of alkyl halides is 3. The molecule has 0 heterocycles. The zero-order chi connectivity index (χ0) is 22.6. The number of aryl methyl sites for hydroxylation is 3. The highest BCUT2D eigenvalue weighted by atomic mass is 19.4. The third-order valence-electron chi connectivity index (χ3n) is 4.82. The number of benzene rings is 3. The molecule has 0 saturated heterocycles. The molecule has 0 bridgehead atoms. The number of rotatable bonds is 7. The first-order valence-corrected chi connectivity index (χ1v) is 9.77. The zero-order valence-corrected chi connectivity index (χ0v) is 16.7. The van der Waals surface area contributed by atoms with Crippen molar-refractivity contribution in [1.29, 1.82) is 0 Å². The van der Waals surface area contributed by atoms with E-state index in [2.05, 4.69) is 4.74 Å². The molecule has 0 N–H and O–H groups in total. The lowest BCUT2D eigenvalue weighted by molar-refractivity contribution is -0.276. The van der Waals surface area contributed by atoms with E-state index in [9.17, 15) is 26.3 Å². The van der Waals surface area contributed by atoms with E-state index in [1.54, 1.807) is 30.3 Å². The lowest BCUT2D eigenvalue weighted by atomic mass is 9.98. The second-order valence-corrected chi connectivity index (χ2v) is 7.20. The molecular formula is C24H20F6O. The molecule has 0 amide bonds. The minimum absolute atomic E-state index is 0.200. The minimum Gasteiger partial charge on any atom is -0.399 e. The van der Waals surface area contributed by atoms with E-state index in [0.29, 0.717) is 17.5 Å². The van der Waals surface area contributed by atoms with Gasteiger partial charge in [0.1, 0.15) is 5.82 Å². The highest BCUT2D eigenvalue weighted by Crippen LogP contribution is 2.30. The summed E-state index contributed by atoms with van der Waals surface area (Å²) in [5.41, 5.74) is 3.16. The molecule has 3 aromatic carbocycles. The van der Waals surface area contributed by atoms with Crippen molar-refractivity contribution in [2.75, 3.05) is 0 Å². The van der Waals surface area contributed by atoms with Gasteiger partial charge in [0.15, 0.2) is 11.6 Å². The number of ether oxygens (including phenoxy) is 1. The molecule has 0 unspecified atom stereocenters. The molecule has 0 aliphatic rings. The van der Waals surface area contributed by atoms with E-state index >= 15 is 0 Å². The summed E-state index contributed by atoms with van der Waals surface area (Å²) in [7, 11) is 0. The van der Waals surface area contributed by atoms with Crippen molar-refractivity contribution >= 4 is 0 Å². The van der Waals surface area contributed by atoms with Crippen molar-refractivity contribution in [2.45, 2.75) is 39.0 Å². The van der Waals surface area contributed by atoms with Crippen LogP contribution in [0.3, 0.4) is 0 Å². The maximum atomic E-state index is 14.4. The van der Waals surface area contributed by atoms with Gasteiger partial charge < -0.3 is 4.74 Å². The number of halogens is 6. The van der Waals surface area contributed by atoms with E-state index in [-0.39, 0.29) is 17.8 Å². The van der Waals surface area contributed by atoms with Gasteiger partial charge in [-0.15, -0.1) is 13.2 Å². The molecule has 0 aromatic heterocycles. The molecule has 0 aliphatic carbocycles. The normalized spacial score (nSPS) is 11.6. The monoisotopic (exact) mass is 438 g/mol. The highest BCUT2D eigenvalue weighted by Gasteiger charge is 2.34. The first-order chi connectivity index (χ1) is 14.7. The molecular weight excluding hydrogens is 418 g/mol. The second-order valence-electron chi connectivity index (χ2n) is 7.20. The van der Waals surface area contributed by atoms with Gasteiger partial charge >= 0.3 is 6.36 Å². The average Bonchev–Trinajstić information content (AvgIpc) is 2.69. The summed E-state index contributed by atoms with van der Waals surface area (Å²) >= 11 is 0. The van der Waals surface area contributed by atoms with Gasteiger partial charge in [-0.3, -0.25) is 0 Å². The fourth-order valence-electron chi connectivity index (χ4n) is 3.35. The molecule has 0 aliphatic heterocycles.